The van der Waals surface area contributed by atoms with Crippen molar-refractivity contribution in [2.75, 3.05) is 24.4 Å². The van der Waals surface area contributed by atoms with Gasteiger partial charge in [0.2, 0.25) is 0 Å². The van der Waals surface area contributed by atoms with Gasteiger partial charge in [-0.2, -0.15) is 5.10 Å². The number of nitrogens with zero attached hydrogens (tertiary/aromatic N) is 5. The van der Waals surface area contributed by atoms with Gasteiger partial charge in [0.25, 0.3) is 0 Å². The van der Waals surface area contributed by atoms with Crippen molar-refractivity contribution in [3.63, 3.8) is 0 Å². The molecule has 0 amide bonds. The lowest BCUT2D eigenvalue weighted by atomic mass is 10.3. The van der Waals surface area contributed by atoms with Crippen molar-refractivity contribution in [1.82, 2.24) is 19.7 Å². The summed E-state index contributed by atoms with van der Waals surface area (Å²) in [5.74, 6) is 0.146. The molecule has 0 radical (unpaired) electrons. The zero-order valence-electron chi connectivity index (χ0n) is 13.6. The molecule has 1 aliphatic rings. The van der Waals surface area contributed by atoms with E-state index < -0.39 is 5.97 Å². The van der Waals surface area contributed by atoms with Crippen LogP contribution in [-0.4, -0.2) is 50.3 Å². The molecule has 0 aromatic carbocycles. The number of aromatic nitrogens is 4. The average molecular weight is 349 g/mol. The summed E-state index contributed by atoms with van der Waals surface area (Å²) < 4.78 is 6.91. The number of carbonyl (C=O) groups excluding carboxylic acids is 1. The zero-order valence-corrected chi connectivity index (χ0v) is 14.4. The normalized spacial score (nSPS) is 13.2. The van der Waals surface area contributed by atoms with Crippen LogP contribution in [0.4, 0.5) is 5.82 Å². The summed E-state index contributed by atoms with van der Waals surface area (Å²) >= 11 is 1.42. The van der Waals surface area contributed by atoms with Crippen LogP contribution in [0, 0.1) is 0 Å². The van der Waals surface area contributed by atoms with Crippen LogP contribution in [0.3, 0.4) is 0 Å². The zero-order chi connectivity index (χ0) is 17.1. The Bertz CT molecular complexity index is 749. The molecule has 0 fully saturated rings. The van der Waals surface area contributed by atoms with Crippen LogP contribution in [-0.2, 0) is 24.4 Å². The van der Waals surface area contributed by atoms with E-state index in [2.05, 4.69) is 15.1 Å². The van der Waals surface area contributed by atoms with Crippen LogP contribution in [0.1, 0.15) is 28.5 Å². The quantitative estimate of drug-likeness (QED) is 0.470. The number of hydrogen-bond donors (Lipinski definition) is 1. The van der Waals surface area contributed by atoms with Gasteiger partial charge >= 0.3 is 5.97 Å². The monoisotopic (exact) mass is 349 g/mol. The third-order valence-electron chi connectivity index (χ3n) is 3.77. The number of esters is 1. The third-order valence-corrected chi connectivity index (χ3v) is 4.33. The Morgan fingerprint density at radius 2 is 2.25 bits per heavy atom. The number of hydrogen-bond acceptors (Lipinski definition) is 8. The molecular formula is C15H19N5O3S. The van der Waals surface area contributed by atoms with Gasteiger partial charge in [-0.05, 0) is 13.2 Å². The molecule has 8 nitrogen and oxygen atoms in total. The summed E-state index contributed by atoms with van der Waals surface area (Å²) in [5.41, 5.74) is 2.47. The average Bonchev–Trinajstić information content (AvgIpc) is 3.16. The molecule has 3 rings (SSSR count). The standard InChI is InChI=1S/C15H19N5O3S/c1-3-23-14(22)11-7-16-15(24-2)18-13(11)19-8-10-6-17-20(4-5-21)12(10)9-19/h6-7,21H,3-5,8-9H2,1-2H3. The summed E-state index contributed by atoms with van der Waals surface area (Å²) in [7, 11) is 0. The van der Waals surface area contributed by atoms with Crippen LogP contribution >= 0.6 is 11.8 Å². The SMILES string of the molecule is CCOC(=O)c1cnc(SC)nc1N1Cc2cnn(CCO)c2C1. The minimum absolute atomic E-state index is 0.0341. The number of fused-ring (bicyclic) bond motifs is 1. The van der Waals surface area contributed by atoms with Crippen LogP contribution in [0.5, 0.6) is 0 Å². The van der Waals surface area contributed by atoms with Crippen LogP contribution in [0.2, 0.25) is 0 Å². The second-order valence-corrected chi connectivity index (χ2v) is 6.01. The lowest BCUT2D eigenvalue weighted by Gasteiger charge is -2.20. The maximum absolute atomic E-state index is 12.2. The highest BCUT2D eigenvalue weighted by atomic mass is 32.2. The first kappa shape index (κ1) is 16.7. The lowest BCUT2D eigenvalue weighted by Crippen LogP contribution is -2.22. The smallest absolute Gasteiger partial charge is 0.343 e. The predicted molar refractivity (Wildman–Crippen MR) is 89.0 cm³/mol. The highest BCUT2D eigenvalue weighted by Crippen LogP contribution is 2.30. The molecule has 128 valence electrons. The van der Waals surface area contributed by atoms with E-state index in [1.54, 1.807) is 17.8 Å². The van der Waals surface area contributed by atoms with Gasteiger partial charge in [0.1, 0.15) is 11.4 Å². The van der Waals surface area contributed by atoms with Gasteiger partial charge in [0.15, 0.2) is 5.16 Å². The number of aliphatic hydroxyl groups excluding tert-OH is 1. The van der Waals surface area contributed by atoms with Crippen LogP contribution in [0.25, 0.3) is 0 Å². The summed E-state index contributed by atoms with van der Waals surface area (Å²) in [4.78, 5) is 22.9. The number of ether oxygens (including phenoxy) is 1. The first-order valence-electron chi connectivity index (χ1n) is 7.65. The fraction of sp³-hybridized carbons (Fsp3) is 0.467. The molecule has 24 heavy (non-hydrogen) atoms. The minimum Gasteiger partial charge on any atom is -0.462 e. The summed E-state index contributed by atoms with van der Waals surface area (Å²) in [6.07, 6.45) is 5.21. The van der Waals surface area contributed by atoms with E-state index in [0.717, 1.165) is 11.3 Å². The van der Waals surface area contributed by atoms with E-state index in [4.69, 9.17) is 9.84 Å². The minimum atomic E-state index is -0.423. The Morgan fingerprint density at radius 3 is 2.96 bits per heavy atom. The molecule has 0 bridgehead atoms. The largest absolute Gasteiger partial charge is 0.462 e. The highest BCUT2D eigenvalue weighted by molar-refractivity contribution is 7.98. The second kappa shape index (κ2) is 7.18. The summed E-state index contributed by atoms with van der Waals surface area (Å²) in [5, 5.41) is 14.0. The van der Waals surface area contributed by atoms with Gasteiger partial charge in [-0.15, -0.1) is 0 Å². The Balaban J connectivity index is 1.92. The van der Waals surface area contributed by atoms with Gasteiger partial charge in [-0.25, -0.2) is 14.8 Å². The molecule has 0 saturated carbocycles. The molecule has 3 heterocycles. The van der Waals surface area contributed by atoms with E-state index >= 15 is 0 Å². The van der Waals surface area contributed by atoms with E-state index in [1.807, 2.05) is 11.2 Å². The number of anilines is 1. The Hall–Kier alpha value is -2.13. The molecule has 0 atom stereocenters. The maximum Gasteiger partial charge on any atom is 0.343 e. The lowest BCUT2D eigenvalue weighted by molar-refractivity contribution is 0.0526. The maximum atomic E-state index is 12.2. The topological polar surface area (TPSA) is 93.4 Å². The Morgan fingerprint density at radius 1 is 1.42 bits per heavy atom. The molecule has 0 spiro atoms. The number of thioether (sulfide) groups is 1. The van der Waals surface area contributed by atoms with Gasteiger partial charge in [-0.3, -0.25) is 4.68 Å². The summed E-state index contributed by atoms with van der Waals surface area (Å²) in [6.45, 7) is 3.74. The summed E-state index contributed by atoms with van der Waals surface area (Å²) in [6, 6.07) is 0. The first-order valence-corrected chi connectivity index (χ1v) is 8.87. The van der Waals surface area contributed by atoms with Crippen molar-refractivity contribution in [2.45, 2.75) is 31.7 Å². The van der Waals surface area contributed by atoms with Gasteiger partial charge in [0, 0.05) is 18.3 Å². The van der Waals surface area contributed by atoms with E-state index in [9.17, 15) is 4.79 Å². The van der Waals surface area contributed by atoms with Crippen molar-refractivity contribution in [1.29, 1.82) is 0 Å². The first-order chi connectivity index (χ1) is 11.7. The van der Waals surface area contributed by atoms with E-state index in [0.29, 0.717) is 42.8 Å². The third kappa shape index (κ3) is 3.09. The van der Waals surface area contributed by atoms with E-state index in [1.165, 1.54) is 18.0 Å². The molecule has 9 heteroatoms. The van der Waals surface area contributed by atoms with Crippen molar-refractivity contribution < 1.29 is 14.6 Å². The fourth-order valence-corrected chi connectivity index (χ4v) is 3.03. The fourth-order valence-electron chi connectivity index (χ4n) is 2.69. The molecule has 1 N–H and O–H groups in total. The molecule has 2 aromatic rings. The second-order valence-electron chi connectivity index (χ2n) is 5.23. The Kier molecular flexibility index (Phi) is 5.00. The van der Waals surface area contributed by atoms with Gasteiger partial charge in [0.05, 0.1) is 38.2 Å². The van der Waals surface area contributed by atoms with Crippen molar-refractivity contribution >= 4 is 23.5 Å². The molecule has 0 unspecified atom stereocenters. The number of carbonyl (C=O) groups is 1. The van der Waals surface area contributed by atoms with E-state index in [-0.39, 0.29) is 6.61 Å². The molecular weight excluding hydrogens is 330 g/mol. The molecule has 0 saturated heterocycles. The molecule has 0 aliphatic carbocycles. The predicted octanol–water partition coefficient (Wildman–Crippen LogP) is 1.08. The van der Waals surface area contributed by atoms with Gasteiger partial charge in [-0.1, -0.05) is 11.8 Å². The Labute approximate surface area is 143 Å². The molecule has 1 aliphatic heterocycles. The van der Waals surface area contributed by atoms with Crippen molar-refractivity contribution in [3.05, 3.63) is 29.2 Å². The number of rotatable bonds is 6. The van der Waals surface area contributed by atoms with Crippen LogP contribution < -0.4 is 4.90 Å². The van der Waals surface area contributed by atoms with Gasteiger partial charge < -0.3 is 14.7 Å². The highest BCUT2D eigenvalue weighted by Gasteiger charge is 2.28. The molecule has 2 aromatic heterocycles. The van der Waals surface area contributed by atoms with Crippen molar-refractivity contribution in [2.24, 2.45) is 0 Å². The number of aliphatic hydroxyl groups is 1. The van der Waals surface area contributed by atoms with Crippen molar-refractivity contribution in [3.8, 4) is 0 Å². The van der Waals surface area contributed by atoms with Crippen LogP contribution in [0.15, 0.2) is 17.6 Å².